The SMILES string of the molecule is CSCCCCCCNC(=O)c1cc(O)ccc1O. The van der Waals surface area contributed by atoms with Crippen LogP contribution in [0.15, 0.2) is 18.2 Å². The lowest BCUT2D eigenvalue weighted by atomic mass is 10.1. The molecule has 0 saturated carbocycles. The first-order chi connectivity index (χ1) is 9.15. The Hall–Kier alpha value is -1.36. The zero-order valence-electron chi connectivity index (χ0n) is 11.2. The van der Waals surface area contributed by atoms with Crippen LogP contribution in [-0.4, -0.2) is 34.7 Å². The summed E-state index contributed by atoms with van der Waals surface area (Å²) in [6.45, 7) is 0.590. The van der Waals surface area contributed by atoms with Crippen LogP contribution in [0.4, 0.5) is 0 Å². The fourth-order valence-electron chi connectivity index (χ4n) is 1.73. The van der Waals surface area contributed by atoms with E-state index < -0.39 is 0 Å². The topological polar surface area (TPSA) is 69.6 Å². The van der Waals surface area contributed by atoms with Gasteiger partial charge in [-0.05, 0) is 43.0 Å². The predicted octanol–water partition coefficient (Wildman–Crippen LogP) is 2.75. The van der Waals surface area contributed by atoms with E-state index in [0.717, 1.165) is 12.8 Å². The molecule has 1 aromatic rings. The number of benzene rings is 1. The number of hydrogen-bond donors (Lipinski definition) is 3. The predicted molar refractivity (Wildman–Crippen MR) is 79.0 cm³/mol. The van der Waals surface area contributed by atoms with Gasteiger partial charge in [0.15, 0.2) is 0 Å². The maximum atomic E-state index is 11.8. The number of carbonyl (C=O) groups is 1. The highest BCUT2D eigenvalue weighted by atomic mass is 32.2. The fraction of sp³-hybridized carbons (Fsp3) is 0.500. The summed E-state index contributed by atoms with van der Waals surface area (Å²) in [4.78, 5) is 11.8. The van der Waals surface area contributed by atoms with Crippen molar-refractivity contribution in [3.63, 3.8) is 0 Å². The van der Waals surface area contributed by atoms with Crippen molar-refractivity contribution < 1.29 is 15.0 Å². The third kappa shape index (κ3) is 5.87. The first kappa shape index (κ1) is 15.7. The van der Waals surface area contributed by atoms with Gasteiger partial charge in [-0.1, -0.05) is 12.8 Å². The van der Waals surface area contributed by atoms with Crippen molar-refractivity contribution in [2.24, 2.45) is 0 Å². The third-order valence-corrected chi connectivity index (χ3v) is 3.48. The number of aromatic hydroxyl groups is 2. The molecule has 0 aliphatic heterocycles. The average Bonchev–Trinajstić information content (AvgIpc) is 2.40. The molecule has 1 aromatic carbocycles. The summed E-state index contributed by atoms with van der Waals surface area (Å²) in [5.74, 6) is 0.691. The number of thioether (sulfide) groups is 1. The van der Waals surface area contributed by atoms with Gasteiger partial charge in [-0.25, -0.2) is 0 Å². The molecule has 4 nitrogen and oxygen atoms in total. The van der Waals surface area contributed by atoms with Gasteiger partial charge in [0.2, 0.25) is 0 Å². The van der Waals surface area contributed by atoms with Gasteiger partial charge < -0.3 is 15.5 Å². The van der Waals surface area contributed by atoms with E-state index >= 15 is 0 Å². The lowest BCUT2D eigenvalue weighted by Gasteiger charge is -2.07. The number of hydrogen-bond acceptors (Lipinski definition) is 4. The molecular formula is C14H21NO3S. The second kappa shape index (κ2) is 8.69. The highest BCUT2D eigenvalue weighted by molar-refractivity contribution is 7.98. The first-order valence-electron chi connectivity index (χ1n) is 6.44. The van der Waals surface area contributed by atoms with Crippen molar-refractivity contribution in [2.75, 3.05) is 18.6 Å². The summed E-state index contributed by atoms with van der Waals surface area (Å²) in [7, 11) is 0. The molecule has 0 aliphatic carbocycles. The van der Waals surface area contributed by atoms with E-state index in [1.165, 1.54) is 36.8 Å². The molecule has 0 radical (unpaired) electrons. The van der Waals surface area contributed by atoms with Crippen LogP contribution in [0, 0.1) is 0 Å². The van der Waals surface area contributed by atoms with Crippen LogP contribution in [0.2, 0.25) is 0 Å². The molecule has 3 N–H and O–H groups in total. The first-order valence-corrected chi connectivity index (χ1v) is 7.83. The molecule has 0 spiro atoms. The van der Waals surface area contributed by atoms with Crippen LogP contribution in [0.3, 0.4) is 0 Å². The molecule has 0 bridgehead atoms. The minimum atomic E-state index is -0.350. The summed E-state index contributed by atoms with van der Waals surface area (Å²) in [5.41, 5.74) is 0.113. The monoisotopic (exact) mass is 283 g/mol. The van der Waals surface area contributed by atoms with Gasteiger partial charge in [0.05, 0.1) is 5.56 Å². The van der Waals surface area contributed by atoms with Crippen LogP contribution in [0.5, 0.6) is 11.5 Å². The van der Waals surface area contributed by atoms with Crippen LogP contribution in [0.1, 0.15) is 36.0 Å². The molecule has 5 heteroatoms. The second-order valence-electron chi connectivity index (χ2n) is 4.36. The zero-order valence-corrected chi connectivity index (χ0v) is 12.0. The van der Waals surface area contributed by atoms with E-state index in [1.54, 1.807) is 0 Å². The van der Waals surface area contributed by atoms with Crippen molar-refractivity contribution >= 4 is 17.7 Å². The van der Waals surface area contributed by atoms with Gasteiger partial charge >= 0.3 is 0 Å². The van der Waals surface area contributed by atoms with Gasteiger partial charge in [0, 0.05) is 6.54 Å². The van der Waals surface area contributed by atoms with Crippen LogP contribution in [0.25, 0.3) is 0 Å². The molecule has 19 heavy (non-hydrogen) atoms. The zero-order chi connectivity index (χ0) is 14.1. The molecule has 0 saturated heterocycles. The molecule has 1 rings (SSSR count). The van der Waals surface area contributed by atoms with Crippen LogP contribution < -0.4 is 5.32 Å². The molecular weight excluding hydrogens is 262 g/mol. The lowest BCUT2D eigenvalue weighted by Crippen LogP contribution is -2.24. The Bertz CT molecular complexity index is 410. The average molecular weight is 283 g/mol. The number of phenols is 2. The van der Waals surface area contributed by atoms with Crippen molar-refractivity contribution in [1.29, 1.82) is 0 Å². The molecule has 0 heterocycles. The summed E-state index contributed by atoms with van der Waals surface area (Å²) < 4.78 is 0. The molecule has 0 aliphatic rings. The Morgan fingerprint density at radius 2 is 1.95 bits per heavy atom. The van der Waals surface area contributed by atoms with Gasteiger partial charge in [-0.2, -0.15) is 11.8 Å². The number of phenolic OH excluding ortho intramolecular Hbond substituents is 2. The molecule has 0 atom stereocenters. The number of amides is 1. The Kier molecular flexibility index (Phi) is 7.18. The van der Waals surface area contributed by atoms with Crippen LogP contribution in [-0.2, 0) is 0 Å². The summed E-state index contributed by atoms with van der Waals surface area (Å²) in [6, 6.07) is 3.92. The Morgan fingerprint density at radius 3 is 2.68 bits per heavy atom. The minimum absolute atomic E-state index is 0.0278. The van der Waals surface area contributed by atoms with Crippen molar-refractivity contribution in [2.45, 2.75) is 25.7 Å². The summed E-state index contributed by atoms with van der Waals surface area (Å²) in [5, 5.41) is 21.6. The molecule has 0 unspecified atom stereocenters. The minimum Gasteiger partial charge on any atom is -0.508 e. The summed E-state index contributed by atoms with van der Waals surface area (Å²) >= 11 is 1.85. The van der Waals surface area contributed by atoms with Gasteiger partial charge in [0.1, 0.15) is 11.5 Å². The Balaban J connectivity index is 2.26. The van der Waals surface area contributed by atoms with Crippen molar-refractivity contribution in [1.82, 2.24) is 5.32 Å². The highest BCUT2D eigenvalue weighted by Crippen LogP contribution is 2.21. The van der Waals surface area contributed by atoms with E-state index in [-0.39, 0.29) is 23.0 Å². The fourth-order valence-corrected chi connectivity index (χ4v) is 2.22. The van der Waals surface area contributed by atoms with E-state index in [0.29, 0.717) is 6.54 Å². The Labute approximate surface area is 118 Å². The van der Waals surface area contributed by atoms with Gasteiger partial charge in [0.25, 0.3) is 5.91 Å². The second-order valence-corrected chi connectivity index (χ2v) is 5.35. The number of unbranched alkanes of at least 4 members (excludes halogenated alkanes) is 3. The van der Waals surface area contributed by atoms with Crippen molar-refractivity contribution in [3.05, 3.63) is 23.8 Å². The normalized spacial score (nSPS) is 10.4. The number of carbonyl (C=O) groups excluding carboxylic acids is 1. The largest absolute Gasteiger partial charge is 0.508 e. The van der Waals surface area contributed by atoms with Gasteiger partial charge in [-0.15, -0.1) is 0 Å². The maximum absolute atomic E-state index is 11.8. The lowest BCUT2D eigenvalue weighted by molar-refractivity contribution is 0.0950. The standard InChI is InChI=1S/C14H21NO3S/c1-19-9-5-3-2-4-8-15-14(18)12-10-11(16)6-7-13(12)17/h6-7,10,16-17H,2-5,8-9H2,1H3,(H,15,18). The molecule has 106 valence electrons. The maximum Gasteiger partial charge on any atom is 0.255 e. The number of rotatable bonds is 8. The smallest absolute Gasteiger partial charge is 0.255 e. The molecule has 0 aromatic heterocycles. The van der Waals surface area contributed by atoms with E-state index in [2.05, 4.69) is 11.6 Å². The van der Waals surface area contributed by atoms with E-state index in [4.69, 9.17) is 0 Å². The van der Waals surface area contributed by atoms with E-state index in [1.807, 2.05) is 11.8 Å². The molecule has 1 amide bonds. The highest BCUT2D eigenvalue weighted by Gasteiger charge is 2.10. The summed E-state index contributed by atoms with van der Waals surface area (Å²) in [6.07, 6.45) is 6.51. The van der Waals surface area contributed by atoms with Crippen molar-refractivity contribution in [3.8, 4) is 11.5 Å². The molecule has 0 fully saturated rings. The number of nitrogens with one attached hydrogen (secondary N) is 1. The van der Waals surface area contributed by atoms with E-state index in [9.17, 15) is 15.0 Å². The Morgan fingerprint density at radius 1 is 1.21 bits per heavy atom. The third-order valence-electron chi connectivity index (χ3n) is 2.79. The van der Waals surface area contributed by atoms with Crippen LogP contribution >= 0.6 is 11.8 Å². The quantitative estimate of drug-likeness (QED) is 0.507. The van der Waals surface area contributed by atoms with Gasteiger partial charge in [-0.3, -0.25) is 4.79 Å².